The molecule has 3 rings (SSSR count). The smallest absolute Gasteiger partial charge is 0.269 e. The number of benzene rings is 2. The van der Waals surface area contributed by atoms with E-state index in [0.717, 1.165) is 0 Å². The van der Waals surface area contributed by atoms with E-state index < -0.39 is 11.8 Å². The molecule has 1 aliphatic rings. The second-order valence-electron chi connectivity index (χ2n) is 4.61. The summed E-state index contributed by atoms with van der Waals surface area (Å²) in [6.45, 7) is 0.0473. The molecule has 0 bridgehead atoms. The Hall–Kier alpha value is -2.44. The summed E-state index contributed by atoms with van der Waals surface area (Å²) >= 11 is 11.8. The Bertz CT molecular complexity index is 795. The number of amides is 2. The first-order valence-electron chi connectivity index (χ1n) is 6.50. The molecule has 2 amide bonds. The van der Waals surface area contributed by atoms with E-state index in [2.05, 4.69) is 10.9 Å². The average molecular weight is 353 g/mol. The van der Waals surface area contributed by atoms with Crippen LogP contribution < -0.4 is 20.3 Å². The number of carbonyl (C=O) groups excluding carboxylic acids is 2. The number of hydrogen-bond donors (Lipinski definition) is 2. The Labute approximate surface area is 141 Å². The fraction of sp³-hybridized carbons (Fsp3) is 0.0667. The number of nitrogens with one attached hydrogen (secondary N) is 2. The molecule has 0 aromatic heterocycles. The fourth-order valence-corrected chi connectivity index (χ4v) is 2.44. The van der Waals surface area contributed by atoms with E-state index in [1.165, 1.54) is 18.2 Å². The number of rotatable bonds is 2. The summed E-state index contributed by atoms with van der Waals surface area (Å²) in [5.74, 6) is -0.261. The van der Waals surface area contributed by atoms with Crippen molar-refractivity contribution >= 4 is 35.0 Å². The molecule has 23 heavy (non-hydrogen) atoms. The molecule has 8 heteroatoms. The zero-order chi connectivity index (χ0) is 16.4. The van der Waals surface area contributed by atoms with Crippen molar-refractivity contribution in [3.63, 3.8) is 0 Å². The first-order chi connectivity index (χ1) is 11.0. The Morgan fingerprint density at radius 3 is 2.43 bits per heavy atom. The Morgan fingerprint density at radius 1 is 0.957 bits per heavy atom. The molecule has 0 spiro atoms. The van der Waals surface area contributed by atoms with Crippen LogP contribution in [0, 0.1) is 0 Å². The number of hydrogen-bond acceptors (Lipinski definition) is 4. The summed E-state index contributed by atoms with van der Waals surface area (Å²) in [6.07, 6.45) is 0. The van der Waals surface area contributed by atoms with Crippen LogP contribution in [0.1, 0.15) is 20.7 Å². The summed E-state index contributed by atoms with van der Waals surface area (Å²) in [6, 6.07) is 9.25. The van der Waals surface area contributed by atoms with Gasteiger partial charge in [0.05, 0.1) is 5.02 Å². The molecule has 118 valence electrons. The predicted molar refractivity (Wildman–Crippen MR) is 84.0 cm³/mol. The lowest BCUT2D eigenvalue weighted by Gasteiger charge is -2.09. The van der Waals surface area contributed by atoms with Crippen LogP contribution >= 0.6 is 23.2 Å². The minimum absolute atomic E-state index is 0.0473. The topological polar surface area (TPSA) is 76.7 Å². The molecule has 0 saturated heterocycles. The van der Waals surface area contributed by atoms with Gasteiger partial charge in [-0.05, 0) is 30.3 Å². The highest BCUT2D eigenvalue weighted by molar-refractivity contribution is 6.32. The van der Waals surface area contributed by atoms with E-state index in [0.29, 0.717) is 22.1 Å². The number of fused-ring (bicyclic) bond motifs is 1. The van der Waals surface area contributed by atoms with Gasteiger partial charge in [-0.15, -0.1) is 0 Å². The molecule has 1 aliphatic heterocycles. The first-order valence-corrected chi connectivity index (χ1v) is 7.25. The molecule has 0 aliphatic carbocycles. The highest BCUT2D eigenvalue weighted by Gasteiger charge is 2.21. The van der Waals surface area contributed by atoms with Crippen LogP contribution in [-0.4, -0.2) is 18.6 Å². The van der Waals surface area contributed by atoms with Gasteiger partial charge in [-0.25, -0.2) is 0 Å². The lowest BCUT2D eigenvalue weighted by molar-refractivity contribution is 0.0846. The average Bonchev–Trinajstić information content (AvgIpc) is 3.01. The van der Waals surface area contributed by atoms with Crippen molar-refractivity contribution in [2.75, 3.05) is 6.79 Å². The van der Waals surface area contributed by atoms with E-state index in [1.54, 1.807) is 18.2 Å². The second kappa shape index (κ2) is 6.36. The van der Waals surface area contributed by atoms with Crippen LogP contribution in [0.4, 0.5) is 0 Å². The summed E-state index contributed by atoms with van der Waals surface area (Å²) in [5.41, 5.74) is 5.15. The van der Waals surface area contributed by atoms with Gasteiger partial charge >= 0.3 is 0 Å². The van der Waals surface area contributed by atoms with Crippen LogP contribution in [0.3, 0.4) is 0 Å². The van der Waals surface area contributed by atoms with Crippen LogP contribution in [0.5, 0.6) is 11.5 Å². The van der Waals surface area contributed by atoms with Gasteiger partial charge in [0, 0.05) is 16.1 Å². The van der Waals surface area contributed by atoms with Gasteiger partial charge in [0.15, 0.2) is 11.5 Å². The van der Waals surface area contributed by atoms with E-state index >= 15 is 0 Å². The maximum Gasteiger partial charge on any atom is 0.269 e. The predicted octanol–water partition coefficient (Wildman–Crippen LogP) is 2.80. The van der Waals surface area contributed by atoms with Crippen molar-refractivity contribution in [2.24, 2.45) is 0 Å². The van der Waals surface area contributed by atoms with Gasteiger partial charge in [-0.3, -0.25) is 20.4 Å². The third-order valence-electron chi connectivity index (χ3n) is 3.07. The molecule has 0 unspecified atom stereocenters. The van der Waals surface area contributed by atoms with Gasteiger partial charge in [0.1, 0.15) is 0 Å². The third-order valence-corrected chi connectivity index (χ3v) is 3.58. The van der Waals surface area contributed by atoms with Crippen molar-refractivity contribution in [1.82, 2.24) is 10.9 Å². The van der Waals surface area contributed by atoms with Crippen LogP contribution in [0.15, 0.2) is 36.4 Å². The van der Waals surface area contributed by atoms with Crippen molar-refractivity contribution in [1.29, 1.82) is 0 Å². The third kappa shape index (κ3) is 3.33. The Morgan fingerprint density at radius 2 is 1.70 bits per heavy atom. The summed E-state index contributed by atoms with van der Waals surface area (Å²) in [7, 11) is 0. The lowest BCUT2D eigenvalue weighted by atomic mass is 10.2. The molecule has 0 fully saturated rings. The zero-order valence-corrected chi connectivity index (χ0v) is 13.1. The molecule has 0 radical (unpaired) electrons. The van der Waals surface area contributed by atoms with E-state index in [4.69, 9.17) is 32.7 Å². The van der Waals surface area contributed by atoms with Crippen molar-refractivity contribution in [2.45, 2.75) is 0 Å². The normalized spacial score (nSPS) is 11.9. The maximum atomic E-state index is 12.1. The molecule has 2 aromatic carbocycles. The quantitative estimate of drug-likeness (QED) is 0.814. The number of halogens is 2. The van der Waals surface area contributed by atoms with Crippen molar-refractivity contribution in [3.05, 3.63) is 57.6 Å². The monoisotopic (exact) mass is 352 g/mol. The standard InChI is InChI=1S/C15H10Cl2N2O4/c16-10-3-1-2-8(4-10)14(20)18-19-15(21)9-5-11(17)13-12(6-9)22-7-23-13/h1-6H,7H2,(H,18,20)(H,19,21). The first kappa shape index (κ1) is 15.5. The summed E-state index contributed by atoms with van der Waals surface area (Å²) < 4.78 is 10.4. The van der Waals surface area contributed by atoms with Gasteiger partial charge < -0.3 is 9.47 Å². The molecular formula is C15H10Cl2N2O4. The largest absolute Gasteiger partial charge is 0.454 e. The second-order valence-corrected chi connectivity index (χ2v) is 5.45. The minimum Gasteiger partial charge on any atom is -0.454 e. The van der Waals surface area contributed by atoms with E-state index in [9.17, 15) is 9.59 Å². The Balaban J connectivity index is 1.68. The highest BCUT2D eigenvalue weighted by atomic mass is 35.5. The van der Waals surface area contributed by atoms with Gasteiger partial charge in [-0.1, -0.05) is 29.3 Å². The van der Waals surface area contributed by atoms with Crippen molar-refractivity contribution in [3.8, 4) is 11.5 Å². The molecular weight excluding hydrogens is 343 g/mol. The Kier molecular flexibility index (Phi) is 4.27. The van der Waals surface area contributed by atoms with Gasteiger partial charge in [-0.2, -0.15) is 0 Å². The zero-order valence-electron chi connectivity index (χ0n) is 11.6. The van der Waals surface area contributed by atoms with Crippen molar-refractivity contribution < 1.29 is 19.1 Å². The van der Waals surface area contributed by atoms with Crippen LogP contribution in [0.25, 0.3) is 0 Å². The lowest BCUT2D eigenvalue weighted by Crippen LogP contribution is -2.41. The molecule has 6 nitrogen and oxygen atoms in total. The number of ether oxygens (including phenoxy) is 2. The molecule has 2 N–H and O–H groups in total. The van der Waals surface area contributed by atoms with Gasteiger partial charge in [0.2, 0.25) is 6.79 Å². The fourth-order valence-electron chi connectivity index (χ4n) is 1.99. The summed E-state index contributed by atoms with van der Waals surface area (Å²) in [5, 5.41) is 0.679. The number of carbonyl (C=O) groups is 2. The highest BCUT2D eigenvalue weighted by Crippen LogP contribution is 2.39. The molecule has 0 atom stereocenters. The van der Waals surface area contributed by atoms with E-state index in [1.807, 2.05) is 0 Å². The SMILES string of the molecule is O=C(NNC(=O)c1cc(Cl)c2c(c1)OCO2)c1cccc(Cl)c1. The molecule has 1 heterocycles. The van der Waals surface area contributed by atoms with Gasteiger partial charge in [0.25, 0.3) is 11.8 Å². The minimum atomic E-state index is -0.541. The van der Waals surface area contributed by atoms with E-state index in [-0.39, 0.29) is 17.4 Å². The molecule has 2 aromatic rings. The van der Waals surface area contributed by atoms with Crippen LogP contribution in [-0.2, 0) is 0 Å². The summed E-state index contributed by atoms with van der Waals surface area (Å²) in [4.78, 5) is 24.0. The maximum absolute atomic E-state index is 12.1. The van der Waals surface area contributed by atoms with Crippen LogP contribution in [0.2, 0.25) is 10.0 Å². The molecule has 0 saturated carbocycles. The number of hydrazine groups is 1.